The first kappa shape index (κ1) is 23.0. The Labute approximate surface area is 178 Å². The van der Waals surface area contributed by atoms with E-state index in [0.29, 0.717) is 25.6 Å². The predicted octanol–water partition coefficient (Wildman–Crippen LogP) is -1.00. The number of nitrogens with two attached hydrogens (primary N) is 1. The maximum atomic E-state index is 15.0. The largest absolute Gasteiger partial charge is 0.368 e. The van der Waals surface area contributed by atoms with Crippen LogP contribution in [0.15, 0.2) is 17.0 Å². The van der Waals surface area contributed by atoms with Crippen LogP contribution in [-0.2, 0) is 24.4 Å². The van der Waals surface area contributed by atoms with Crippen LogP contribution in [0.1, 0.15) is 12.8 Å². The number of amides is 3. The molecule has 2 fully saturated rings. The molecule has 0 unspecified atom stereocenters. The van der Waals surface area contributed by atoms with E-state index in [9.17, 15) is 27.2 Å². The smallest absolute Gasteiger partial charge is 0.250 e. The van der Waals surface area contributed by atoms with Gasteiger partial charge in [-0.25, -0.2) is 17.2 Å². The van der Waals surface area contributed by atoms with Gasteiger partial charge in [-0.3, -0.25) is 14.4 Å². The van der Waals surface area contributed by atoms with Crippen molar-refractivity contribution in [3.8, 4) is 0 Å². The molecule has 31 heavy (non-hydrogen) atoms. The molecule has 1 atom stereocenters. The molecule has 10 nitrogen and oxygen atoms in total. The Bertz CT molecular complexity index is 1010. The minimum Gasteiger partial charge on any atom is -0.368 e. The van der Waals surface area contributed by atoms with Gasteiger partial charge in [0.05, 0.1) is 5.69 Å². The van der Waals surface area contributed by atoms with Crippen molar-refractivity contribution in [2.45, 2.75) is 23.8 Å². The lowest BCUT2D eigenvalue weighted by atomic mass is 10.2. The van der Waals surface area contributed by atoms with E-state index in [1.54, 1.807) is 4.72 Å². The van der Waals surface area contributed by atoms with Crippen LogP contribution < -0.4 is 15.4 Å². The van der Waals surface area contributed by atoms with Crippen LogP contribution in [0.4, 0.5) is 14.5 Å². The quantitative estimate of drug-likeness (QED) is 0.524. The van der Waals surface area contributed by atoms with Crippen molar-refractivity contribution in [2.24, 2.45) is 5.73 Å². The molecule has 0 saturated carbocycles. The first-order valence-corrected chi connectivity index (χ1v) is 11.1. The SMILES string of the molecule is CN1CCN(C(=O)[C@@H](NS(=O)(=O)c2c(F)ccc(N3CCCC3=O)c2F)C(N)=O)CC1. The molecule has 2 saturated heterocycles. The Balaban J connectivity index is 1.92. The number of sulfonamides is 1. The molecule has 3 N–H and O–H groups in total. The Kier molecular flexibility index (Phi) is 6.57. The molecule has 1 aromatic rings. The topological polar surface area (TPSA) is 133 Å². The fraction of sp³-hybridized carbons (Fsp3) is 0.500. The van der Waals surface area contributed by atoms with Crippen LogP contribution in [-0.4, -0.2) is 81.8 Å². The van der Waals surface area contributed by atoms with Crippen LogP contribution in [0.3, 0.4) is 0 Å². The number of hydrogen-bond donors (Lipinski definition) is 2. The summed E-state index contributed by atoms with van der Waals surface area (Å²) in [6.45, 7) is 1.62. The summed E-state index contributed by atoms with van der Waals surface area (Å²) < 4.78 is 56.7. The molecular weight excluding hydrogens is 436 g/mol. The van der Waals surface area contributed by atoms with E-state index in [0.717, 1.165) is 11.0 Å². The highest BCUT2D eigenvalue weighted by Gasteiger charge is 2.38. The molecule has 3 rings (SSSR count). The number of benzene rings is 1. The van der Waals surface area contributed by atoms with Crippen molar-refractivity contribution in [3.63, 3.8) is 0 Å². The molecule has 13 heteroatoms. The number of halogens is 2. The first-order chi connectivity index (χ1) is 14.5. The highest BCUT2D eigenvalue weighted by atomic mass is 32.2. The highest BCUT2D eigenvalue weighted by molar-refractivity contribution is 7.89. The average molecular weight is 459 g/mol. The Morgan fingerprint density at radius 3 is 2.32 bits per heavy atom. The van der Waals surface area contributed by atoms with Crippen molar-refractivity contribution >= 4 is 33.4 Å². The number of nitrogens with zero attached hydrogens (tertiary/aromatic N) is 3. The van der Waals surface area contributed by atoms with Gasteiger partial charge in [-0.15, -0.1) is 0 Å². The van der Waals surface area contributed by atoms with E-state index in [-0.39, 0.29) is 26.1 Å². The zero-order valence-corrected chi connectivity index (χ0v) is 17.6. The first-order valence-electron chi connectivity index (χ1n) is 9.60. The van der Waals surface area contributed by atoms with Gasteiger partial charge in [0, 0.05) is 39.1 Å². The van der Waals surface area contributed by atoms with E-state index < -0.39 is 56.0 Å². The number of nitrogens with one attached hydrogen (secondary N) is 1. The Hall–Kier alpha value is -2.64. The van der Waals surface area contributed by atoms with E-state index in [4.69, 9.17) is 5.73 Å². The Morgan fingerprint density at radius 1 is 1.13 bits per heavy atom. The zero-order valence-electron chi connectivity index (χ0n) is 16.8. The highest BCUT2D eigenvalue weighted by Crippen LogP contribution is 2.30. The molecule has 1 aromatic carbocycles. The number of carbonyl (C=O) groups is 3. The summed E-state index contributed by atoms with van der Waals surface area (Å²) in [5.41, 5.74) is 4.82. The maximum absolute atomic E-state index is 15.0. The van der Waals surface area contributed by atoms with Gasteiger partial charge in [0.25, 0.3) is 5.91 Å². The van der Waals surface area contributed by atoms with Gasteiger partial charge in [0.1, 0.15) is 5.82 Å². The van der Waals surface area contributed by atoms with Crippen LogP contribution >= 0.6 is 0 Å². The summed E-state index contributed by atoms with van der Waals surface area (Å²) in [7, 11) is -3.19. The maximum Gasteiger partial charge on any atom is 0.250 e. The minimum absolute atomic E-state index is 0.153. The molecule has 3 amide bonds. The molecule has 0 radical (unpaired) electrons. The number of carbonyl (C=O) groups excluding carboxylic acids is 3. The van der Waals surface area contributed by atoms with Crippen molar-refractivity contribution < 1.29 is 31.6 Å². The van der Waals surface area contributed by atoms with Crippen LogP contribution in [0.5, 0.6) is 0 Å². The van der Waals surface area contributed by atoms with Gasteiger partial charge in [0.15, 0.2) is 16.8 Å². The van der Waals surface area contributed by atoms with E-state index >= 15 is 4.39 Å². The van der Waals surface area contributed by atoms with Gasteiger partial charge in [-0.05, 0) is 25.6 Å². The fourth-order valence-corrected chi connectivity index (χ4v) is 4.84. The summed E-state index contributed by atoms with van der Waals surface area (Å²) >= 11 is 0. The number of rotatable bonds is 6. The number of hydrogen-bond acceptors (Lipinski definition) is 6. The van der Waals surface area contributed by atoms with Gasteiger partial charge < -0.3 is 20.4 Å². The zero-order chi connectivity index (χ0) is 22.9. The van der Waals surface area contributed by atoms with E-state index in [1.165, 1.54) is 4.90 Å². The predicted molar refractivity (Wildman–Crippen MR) is 105 cm³/mol. The average Bonchev–Trinajstić information content (AvgIpc) is 3.11. The Morgan fingerprint density at radius 2 is 1.77 bits per heavy atom. The summed E-state index contributed by atoms with van der Waals surface area (Å²) in [6.07, 6.45) is 0.597. The number of piperazine rings is 1. The van der Waals surface area contributed by atoms with Crippen molar-refractivity contribution in [3.05, 3.63) is 23.8 Å². The molecule has 0 aromatic heterocycles. The molecule has 2 aliphatic heterocycles. The number of anilines is 1. The summed E-state index contributed by atoms with van der Waals surface area (Å²) in [5, 5.41) is 0. The van der Waals surface area contributed by atoms with Crippen LogP contribution in [0, 0.1) is 11.6 Å². The monoisotopic (exact) mass is 459 g/mol. The lowest BCUT2D eigenvalue weighted by molar-refractivity contribution is -0.138. The normalized spacial score (nSPS) is 19.0. The van der Waals surface area contributed by atoms with Crippen LogP contribution in [0.25, 0.3) is 0 Å². The molecular formula is C18H23F2N5O5S. The van der Waals surface area contributed by atoms with Crippen molar-refractivity contribution in [1.29, 1.82) is 0 Å². The third-order valence-corrected chi connectivity index (χ3v) is 6.74. The summed E-state index contributed by atoms with van der Waals surface area (Å²) in [4.78, 5) is 39.3. The molecule has 0 aliphatic carbocycles. The van der Waals surface area contributed by atoms with Gasteiger partial charge >= 0.3 is 0 Å². The van der Waals surface area contributed by atoms with Crippen molar-refractivity contribution in [1.82, 2.24) is 14.5 Å². The fourth-order valence-electron chi connectivity index (χ4n) is 3.53. The summed E-state index contributed by atoms with van der Waals surface area (Å²) in [5.74, 6) is -5.56. The van der Waals surface area contributed by atoms with Gasteiger partial charge in [0.2, 0.25) is 21.8 Å². The van der Waals surface area contributed by atoms with Crippen LogP contribution in [0.2, 0.25) is 0 Å². The molecule has 170 valence electrons. The lowest BCUT2D eigenvalue weighted by Crippen LogP contribution is -2.58. The van der Waals surface area contributed by atoms with E-state index in [1.807, 2.05) is 11.9 Å². The molecule has 0 bridgehead atoms. The second-order valence-electron chi connectivity index (χ2n) is 7.44. The van der Waals surface area contributed by atoms with Gasteiger partial charge in [-0.1, -0.05) is 0 Å². The molecule has 2 aliphatic rings. The molecule has 2 heterocycles. The standard InChI is InChI=1S/C18H23F2N5O5S/c1-23-7-9-24(10-8-23)18(28)15(17(21)27)22-31(29,30)16-11(19)4-5-12(14(16)20)25-6-2-3-13(25)26/h4-5,15,22H,2-3,6-10H2,1H3,(H2,21,27)/t15-/m0/s1. The minimum atomic E-state index is -5.03. The third-order valence-electron chi connectivity index (χ3n) is 5.28. The second kappa shape index (κ2) is 8.85. The van der Waals surface area contributed by atoms with Crippen molar-refractivity contribution in [2.75, 3.05) is 44.7 Å². The second-order valence-corrected chi connectivity index (χ2v) is 9.09. The van der Waals surface area contributed by atoms with E-state index in [2.05, 4.69) is 0 Å². The third kappa shape index (κ3) is 4.67. The lowest BCUT2D eigenvalue weighted by Gasteiger charge is -2.34. The van der Waals surface area contributed by atoms with Gasteiger partial charge in [-0.2, -0.15) is 4.72 Å². The number of primary amides is 1. The molecule has 0 spiro atoms. The summed E-state index contributed by atoms with van der Waals surface area (Å²) in [6, 6.07) is -0.363. The number of likely N-dealkylation sites (N-methyl/N-ethyl adjacent to an activating group) is 1.